The van der Waals surface area contributed by atoms with Gasteiger partial charge in [0, 0.05) is 13.1 Å². The van der Waals surface area contributed by atoms with Gasteiger partial charge in [-0.05, 0) is 44.0 Å². The lowest BCUT2D eigenvalue weighted by Gasteiger charge is -2.27. The highest BCUT2D eigenvalue weighted by molar-refractivity contribution is 5.49. The molecule has 17 heavy (non-hydrogen) atoms. The summed E-state index contributed by atoms with van der Waals surface area (Å²) in [7, 11) is 1.95. The van der Waals surface area contributed by atoms with Crippen LogP contribution in [0, 0.1) is 5.82 Å². The molecule has 0 saturated carbocycles. The van der Waals surface area contributed by atoms with E-state index >= 15 is 0 Å². The second-order valence-electron chi connectivity index (χ2n) is 4.57. The van der Waals surface area contributed by atoms with E-state index in [1.54, 1.807) is 6.07 Å². The summed E-state index contributed by atoms with van der Waals surface area (Å²) in [6.07, 6.45) is 2.91. The van der Waals surface area contributed by atoms with Crippen molar-refractivity contribution in [3.8, 4) is 0 Å². The summed E-state index contributed by atoms with van der Waals surface area (Å²) in [6, 6.07) is 5.76. The number of nitrogens with zero attached hydrogens (tertiary/aromatic N) is 1. The molecule has 0 fully saturated rings. The molecule has 2 N–H and O–H groups in total. The fourth-order valence-corrected chi connectivity index (χ4v) is 2.01. The van der Waals surface area contributed by atoms with Crippen molar-refractivity contribution < 1.29 is 4.39 Å². The van der Waals surface area contributed by atoms with E-state index < -0.39 is 0 Å². The van der Waals surface area contributed by atoms with Gasteiger partial charge in [0.15, 0.2) is 0 Å². The summed E-state index contributed by atoms with van der Waals surface area (Å²) in [5.41, 5.74) is 7.10. The zero-order valence-corrected chi connectivity index (χ0v) is 11.0. The largest absolute Gasteiger partial charge is 0.370 e. The molecule has 0 saturated heterocycles. The van der Waals surface area contributed by atoms with Crippen molar-refractivity contribution in [2.24, 2.45) is 5.73 Å². The van der Waals surface area contributed by atoms with Crippen molar-refractivity contribution in [1.82, 2.24) is 0 Å². The summed E-state index contributed by atoms with van der Waals surface area (Å²) >= 11 is 0. The molecule has 96 valence electrons. The van der Waals surface area contributed by atoms with Gasteiger partial charge >= 0.3 is 0 Å². The third-order valence-electron chi connectivity index (χ3n) is 3.19. The molecule has 0 aliphatic carbocycles. The normalized spacial score (nSPS) is 12.5. The number of hydrogen-bond acceptors (Lipinski definition) is 2. The van der Waals surface area contributed by atoms with E-state index in [-0.39, 0.29) is 5.82 Å². The van der Waals surface area contributed by atoms with Crippen LogP contribution in [0.15, 0.2) is 18.2 Å². The molecule has 1 unspecified atom stereocenters. The summed E-state index contributed by atoms with van der Waals surface area (Å²) in [5, 5.41) is 0. The van der Waals surface area contributed by atoms with Crippen LogP contribution in [0.3, 0.4) is 0 Å². The lowest BCUT2D eigenvalue weighted by Crippen LogP contribution is -2.29. The third-order valence-corrected chi connectivity index (χ3v) is 3.19. The quantitative estimate of drug-likeness (QED) is 0.825. The number of hydrogen-bond donors (Lipinski definition) is 1. The molecular weight excluding hydrogens is 215 g/mol. The van der Waals surface area contributed by atoms with Gasteiger partial charge in [0.05, 0.1) is 5.69 Å². The Balaban J connectivity index is 2.83. The SMILES string of the molecule is CCCC(C)N(C)c1ccc(CCN)cc1F. The van der Waals surface area contributed by atoms with Crippen molar-refractivity contribution in [3.05, 3.63) is 29.6 Å². The van der Waals surface area contributed by atoms with E-state index in [0.29, 0.717) is 18.3 Å². The van der Waals surface area contributed by atoms with Gasteiger partial charge in [0.2, 0.25) is 0 Å². The molecule has 0 bridgehead atoms. The van der Waals surface area contributed by atoms with E-state index in [0.717, 1.165) is 24.8 Å². The zero-order chi connectivity index (χ0) is 12.8. The molecule has 0 spiro atoms. The Morgan fingerprint density at radius 1 is 1.41 bits per heavy atom. The first-order valence-corrected chi connectivity index (χ1v) is 6.31. The molecule has 1 aromatic rings. The van der Waals surface area contributed by atoms with Crippen LogP contribution < -0.4 is 10.6 Å². The van der Waals surface area contributed by atoms with Crippen molar-refractivity contribution in [2.45, 2.75) is 39.2 Å². The molecule has 1 rings (SSSR count). The molecule has 0 aromatic heterocycles. The monoisotopic (exact) mass is 238 g/mol. The Hall–Kier alpha value is -1.09. The van der Waals surface area contributed by atoms with Crippen molar-refractivity contribution in [2.75, 3.05) is 18.5 Å². The van der Waals surface area contributed by atoms with E-state index in [2.05, 4.69) is 13.8 Å². The molecular formula is C14H23FN2. The van der Waals surface area contributed by atoms with Gasteiger partial charge < -0.3 is 10.6 Å². The Morgan fingerprint density at radius 3 is 2.65 bits per heavy atom. The summed E-state index contributed by atoms with van der Waals surface area (Å²) < 4.78 is 13.9. The van der Waals surface area contributed by atoms with E-state index in [1.807, 2.05) is 24.1 Å². The van der Waals surface area contributed by atoms with Gasteiger partial charge in [-0.1, -0.05) is 19.4 Å². The number of rotatable bonds is 6. The minimum atomic E-state index is -0.151. The number of nitrogens with two attached hydrogens (primary N) is 1. The number of halogens is 1. The van der Waals surface area contributed by atoms with Crippen molar-refractivity contribution in [3.63, 3.8) is 0 Å². The molecule has 1 aromatic carbocycles. The van der Waals surface area contributed by atoms with Gasteiger partial charge in [-0.3, -0.25) is 0 Å². The minimum Gasteiger partial charge on any atom is -0.370 e. The highest BCUT2D eigenvalue weighted by atomic mass is 19.1. The maximum atomic E-state index is 13.9. The predicted octanol–water partition coefficient (Wildman–Crippen LogP) is 2.95. The van der Waals surface area contributed by atoms with Crippen LogP contribution in [0.5, 0.6) is 0 Å². The molecule has 1 atom stereocenters. The Kier molecular flexibility index (Phi) is 5.42. The van der Waals surface area contributed by atoms with Crippen LogP contribution in [0.1, 0.15) is 32.3 Å². The fraction of sp³-hybridized carbons (Fsp3) is 0.571. The van der Waals surface area contributed by atoms with Gasteiger partial charge in [0.25, 0.3) is 0 Å². The zero-order valence-electron chi connectivity index (χ0n) is 11.0. The van der Waals surface area contributed by atoms with Crippen molar-refractivity contribution >= 4 is 5.69 Å². The van der Waals surface area contributed by atoms with Crippen LogP contribution >= 0.6 is 0 Å². The highest BCUT2D eigenvalue weighted by Crippen LogP contribution is 2.22. The summed E-state index contributed by atoms with van der Waals surface area (Å²) in [4.78, 5) is 2.01. The summed E-state index contributed by atoms with van der Waals surface area (Å²) in [6.45, 7) is 4.82. The maximum absolute atomic E-state index is 13.9. The lowest BCUT2D eigenvalue weighted by atomic mass is 10.1. The average molecular weight is 238 g/mol. The Bertz CT molecular complexity index is 352. The molecule has 0 heterocycles. The van der Waals surface area contributed by atoms with Crippen LogP contribution in [0.4, 0.5) is 10.1 Å². The Morgan fingerprint density at radius 2 is 2.12 bits per heavy atom. The van der Waals surface area contributed by atoms with Crippen LogP contribution in [0.25, 0.3) is 0 Å². The highest BCUT2D eigenvalue weighted by Gasteiger charge is 2.13. The van der Waals surface area contributed by atoms with Gasteiger partial charge in [-0.2, -0.15) is 0 Å². The van der Waals surface area contributed by atoms with Crippen molar-refractivity contribution in [1.29, 1.82) is 0 Å². The lowest BCUT2D eigenvalue weighted by molar-refractivity contribution is 0.581. The standard InChI is InChI=1S/C14H23FN2/c1-4-5-11(2)17(3)14-7-6-12(8-9-16)10-13(14)15/h6-7,10-11H,4-5,8-9,16H2,1-3H3. The van der Waals surface area contributed by atoms with Gasteiger partial charge in [0.1, 0.15) is 5.82 Å². The topological polar surface area (TPSA) is 29.3 Å². The number of anilines is 1. The number of benzene rings is 1. The smallest absolute Gasteiger partial charge is 0.146 e. The first kappa shape index (κ1) is 14.0. The molecule has 0 aliphatic heterocycles. The molecule has 0 aliphatic rings. The van der Waals surface area contributed by atoms with E-state index in [1.165, 1.54) is 0 Å². The molecule has 2 nitrogen and oxygen atoms in total. The first-order valence-electron chi connectivity index (χ1n) is 6.31. The maximum Gasteiger partial charge on any atom is 0.146 e. The molecule has 3 heteroatoms. The third kappa shape index (κ3) is 3.70. The van der Waals surface area contributed by atoms with Crippen LogP contribution in [-0.2, 0) is 6.42 Å². The minimum absolute atomic E-state index is 0.151. The Labute approximate surface area is 104 Å². The fourth-order valence-electron chi connectivity index (χ4n) is 2.01. The van der Waals surface area contributed by atoms with Gasteiger partial charge in [-0.15, -0.1) is 0 Å². The first-order chi connectivity index (χ1) is 8.10. The van der Waals surface area contributed by atoms with E-state index in [4.69, 9.17) is 5.73 Å². The average Bonchev–Trinajstić information content (AvgIpc) is 2.29. The summed E-state index contributed by atoms with van der Waals surface area (Å²) in [5.74, 6) is -0.151. The van der Waals surface area contributed by atoms with Crippen LogP contribution in [-0.4, -0.2) is 19.6 Å². The second kappa shape index (κ2) is 6.60. The van der Waals surface area contributed by atoms with Crippen LogP contribution in [0.2, 0.25) is 0 Å². The van der Waals surface area contributed by atoms with Gasteiger partial charge in [-0.25, -0.2) is 4.39 Å². The molecule has 0 radical (unpaired) electrons. The van der Waals surface area contributed by atoms with E-state index in [9.17, 15) is 4.39 Å². The second-order valence-corrected chi connectivity index (χ2v) is 4.57. The molecule has 0 amide bonds. The predicted molar refractivity (Wildman–Crippen MR) is 71.9 cm³/mol.